The molecule has 2 amide bonds. The van der Waals surface area contributed by atoms with E-state index in [-0.39, 0.29) is 24.8 Å². The number of carbonyl (C=O) groups excluding carboxylic acids is 3. The highest BCUT2D eigenvalue weighted by Crippen LogP contribution is 2.43. The van der Waals surface area contributed by atoms with Gasteiger partial charge in [0.15, 0.2) is 6.61 Å². The van der Waals surface area contributed by atoms with E-state index in [0.29, 0.717) is 6.54 Å². The van der Waals surface area contributed by atoms with Crippen molar-refractivity contribution in [1.29, 1.82) is 0 Å². The third-order valence-electron chi connectivity index (χ3n) is 5.51. The fraction of sp³-hybridized carbons (Fsp3) is 0.292. The van der Waals surface area contributed by atoms with E-state index in [0.717, 1.165) is 21.0 Å². The van der Waals surface area contributed by atoms with Gasteiger partial charge in [0.1, 0.15) is 0 Å². The molecule has 1 aliphatic rings. The number of esters is 1. The number of amides is 2. The average Bonchev–Trinajstić information content (AvgIpc) is 3.53. The lowest BCUT2D eigenvalue weighted by Crippen LogP contribution is -2.33. The van der Waals surface area contributed by atoms with E-state index in [1.807, 2.05) is 66.2 Å². The first-order chi connectivity index (χ1) is 15.4. The van der Waals surface area contributed by atoms with E-state index < -0.39 is 17.9 Å². The number of hydrogen-bond donors (Lipinski definition) is 0. The summed E-state index contributed by atoms with van der Waals surface area (Å²) >= 11 is 3.07. The molecule has 3 aromatic rings. The van der Waals surface area contributed by atoms with Crippen LogP contribution in [0, 0.1) is 12.8 Å². The molecule has 8 heteroatoms. The van der Waals surface area contributed by atoms with Crippen LogP contribution in [0.3, 0.4) is 0 Å². The summed E-state index contributed by atoms with van der Waals surface area (Å²) in [6.07, 6.45) is 0.0501. The van der Waals surface area contributed by atoms with Gasteiger partial charge in [0.25, 0.3) is 5.91 Å². The molecule has 0 bridgehead atoms. The predicted molar refractivity (Wildman–Crippen MR) is 126 cm³/mol. The summed E-state index contributed by atoms with van der Waals surface area (Å²) in [5.74, 6) is -1.60. The molecule has 4 rings (SSSR count). The summed E-state index contributed by atoms with van der Waals surface area (Å²) in [6.45, 7) is 2.11. The van der Waals surface area contributed by atoms with Crippen molar-refractivity contribution in [1.82, 2.24) is 4.90 Å². The Morgan fingerprint density at radius 1 is 1.09 bits per heavy atom. The Kier molecular flexibility index (Phi) is 6.72. The smallest absolute Gasteiger partial charge is 0.312 e. The molecular weight excluding hydrogens is 444 g/mol. The Labute approximate surface area is 195 Å². The molecule has 1 fully saturated rings. The first-order valence-electron chi connectivity index (χ1n) is 10.3. The zero-order chi connectivity index (χ0) is 22.7. The molecule has 2 unspecified atom stereocenters. The van der Waals surface area contributed by atoms with Crippen LogP contribution in [-0.2, 0) is 25.7 Å². The second kappa shape index (κ2) is 9.67. The van der Waals surface area contributed by atoms with Crippen LogP contribution in [0.15, 0.2) is 59.3 Å². The first kappa shape index (κ1) is 22.2. The highest BCUT2D eigenvalue weighted by Gasteiger charge is 2.46. The minimum Gasteiger partial charge on any atom is -0.455 e. The van der Waals surface area contributed by atoms with E-state index in [1.165, 1.54) is 16.2 Å². The maximum absolute atomic E-state index is 13.0. The van der Waals surface area contributed by atoms with E-state index in [2.05, 4.69) is 0 Å². The Balaban J connectivity index is 1.47. The SMILES string of the molecule is Cc1ccc(N2C(=O)CC(C(=O)OCC(=O)N(C)Cc3cccs3)C2c2cccs2)cc1. The average molecular weight is 469 g/mol. The third-order valence-corrected chi connectivity index (χ3v) is 7.31. The normalized spacial score (nSPS) is 18.1. The van der Waals surface area contributed by atoms with Gasteiger partial charge in [-0.25, -0.2) is 0 Å². The van der Waals surface area contributed by atoms with Crippen molar-refractivity contribution in [3.8, 4) is 0 Å². The predicted octanol–water partition coefficient (Wildman–Crippen LogP) is 4.41. The number of aryl methyl sites for hydroxylation is 1. The molecule has 1 saturated heterocycles. The molecule has 6 nitrogen and oxygen atoms in total. The molecule has 0 saturated carbocycles. The molecule has 166 valence electrons. The number of anilines is 1. The number of carbonyl (C=O) groups is 3. The first-order valence-corrected chi connectivity index (χ1v) is 12.0. The lowest BCUT2D eigenvalue weighted by atomic mass is 9.99. The Morgan fingerprint density at radius 2 is 1.81 bits per heavy atom. The minimum atomic E-state index is -0.669. The van der Waals surface area contributed by atoms with Gasteiger partial charge < -0.3 is 14.5 Å². The largest absolute Gasteiger partial charge is 0.455 e. The van der Waals surface area contributed by atoms with Gasteiger partial charge >= 0.3 is 5.97 Å². The number of benzene rings is 1. The van der Waals surface area contributed by atoms with Gasteiger partial charge in [-0.05, 0) is 41.9 Å². The summed E-state index contributed by atoms with van der Waals surface area (Å²) in [5.41, 5.74) is 1.84. The summed E-state index contributed by atoms with van der Waals surface area (Å²) < 4.78 is 5.41. The summed E-state index contributed by atoms with van der Waals surface area (Å²) in [4.78, 5) is 43.6. The Bertz CT molecular complexity index is 1080. The number of hydrogen-bond acceptors (Lipinski definition) is 6. The molecule has 0 aliphatic carbocycles. The standard InChI is InChI=1S/C24H24N2O4S2/c1-16-7-9-17(10-8-16)26-21(27)13-19(23(26)20-6-4-12-32-20)24(29)30-15-22(28)25(2)14-18-5-3-11-31-18/h3-12,19,23H,13-15H2,1-2H3. The molecule has 0 N–H and O–H groups in total. The molecule has 3 heterocycles. The van der Waals surface area contributed by atoms with Gasteiger partial charge in [-0.15, -0.1) is 22.7 Å². The second-order valence-corrected chi connectivity index (χ2v) is 9.82. The zero-order valence-electron chi connectivity index (χ0n) is 17.9. The van der Waals surface area contributed by atoms with Gasteiger partial charge in [-0.1, -0.05) is 29.8 Å². The van der Waals surface area contributed by atoms with Crippen LogP contribution in [0.5, 0.6) is 0 Å². The van der Waals surface area contributed by atoms with Gasteiger partial charge in [0.05, 0.1) is 18.5 Å². The molecule has 2 aromatic heterocycles. The molecule has 2 atom stereocenters. The van der Waals surface area contributed by atoms with Crippen LogP contribution in [0.1, 0.15) is 27.8 Å². The maximum atomic E-state index is 13.0. The molecule has 32 heavy (non-hydrogen) atoms. The summed E-state index contributed by atoms with van der Waals surface area (Å²) in [5, 5.41) is 3.88. The Hall–Kier alpha value is -2.97. The molecule has 1 aromatic carbocycles. The van der Waals surface area contributed by atoms with E-state index >= 15 is 0 Å². The van der Waals surface area contributed by atoms with Crippen LogP contribution < -0.4 is 4.90 Å². The summed E-state index contributed by atoms with van der Waals surface area (Å²) in [6, 6.07) is 14.9. The number of rotatable bonds is 7. The van der Waals surface area contributed by atoms with E-state index in [4.69, 9.17) is 4.74 Å². The van der Waals surface area contributed by atoms with Crippen LogP contribution in [0.25, 0.3) is 0 Å². The van der Waals surface area contributed by atoms with Crippen LogP contribution >= 0.6 is 22.7 Å². The number of nitrogens with zero attached hydrogens (tertiary/aromatic N) is 2. The van der Waals surface area contributed by atoms with Gasteiger partial charge in [0.2, 0.25) is 5.91 Å². The Morgan fingerprint density at radius 3 is 2.47 bits per heavy atom. The quantitative estimate of drug-likeness (QED) is 0.482. The number of ether oxygens (including phenoxy) is 1. The highest BCUT2D eigenvalue weighted by atomic mass is 32.1. The fourth-order valence-electron chi connectivity index (χ4n) is 3.82. The highest BCUT2D eigenvalue weighted by molar-refractivity contribution is 7.10. The molecular formula is C24H24N2O4S2. The van der Waals surface area contributed by atoms with E-state index in [1.54, 1.807) is 23.3 Å². The molecule has 0 spiro atoms. The van der Waals surface area contributed by atoms with E-state index in [9.17, 15) is 14.4 Å². The lowest BCUT2D eigenvalue weighted by Gasteiger charge is -2.27. The van der Waals surface area contributed by atoms with Crippen molar-refractivity contribution in [2.24, 2.45) is 5.92 Å². The van der Waals surface area contributed by atoms with Gasteiger partial charge in [0, 0.05) is 28.9 Å². The number of likely N-dealkylation sites (N-methyl/N-ethyl adjacent to an activating group) is 1. The van der Waals surface area contributed by atoms with Crippen LogP contribution in [0.4, 0.5) is 5.69 Å². The van der Waals surface area contributed by atoms with Crippen molar-refractivity contribution >= 4 is 46.1 Å². The summed E-state index contributed by atoms with van der Waals surface area (Å²) in [7, 11) is 1.68. The van der Waals surface area contributed by atoms with Crippen molar-refractivity contribution in [2.75, 3.05) is 18.6 Å². The fourth-order valence-corrected chi connectivity index (χ4v) is 5.45. The van der Waals surface area contributed by atoms with Crippen molar-refractivity contribution in [3.05, 3.63) is 74.6 Å². The van der Waals surface area contributed by atoms with Crippen molar-refractivity contribution in [2.45, 2.75) is 25.9 Å². The van der Waals surface area contributed by atoms with Crippen LogP contribution in [0.2, 0.25) is 0 Å². The van der Waals surface area contributed by atoms with Crippen molar-refractivity contribution in [3.63, 3.8) is 0 Å². The lowest BCUT2D eigenvalue weighted by molar-refractivity contribution is -0.155. The topological polar surface area (TPSA) is 66.9 Å². The number of thiophene rings is 2. The van der Waals surface area contributed by atoms with Crippen LogP contribution in [-0.4, -0.2) is 36.3 Å². The third kappa shape index (κ3) is 4.76. The van der Waals surface area contributed by atoms with Gasteiger partial charge in [-0.3, -0.25) is 14.4 Å². The van der Waals surface area contributed by atoms with Gasteiger partial charge in [-0.2, -0.15) is 0 Å². The second-order valence-electron chi connectivity index (χ2n) is 7.81. The molecule has 1 aliphatic heterocycles. The maximum Gasteiger partial charge on any atom is 0.312 e. The molecule has 0 radical (unpaired) electrons. The monoisotopic (exact) mass is 468 g/mol. The minimum absolute atomic E-state index is 0.0501. The van der Waals surface area contributed by atoms with Crippen molar-refractivity contribution < 1.29 is 19.1 Å². The zero-order valence-corrected chi connectivity index (χ0v) is 19.5.